The van der Waals surface area contributed by atoms with Gasteiger partial charge in [-0.3, -0.25) is 4.79 Å². The van der Waals surface area contributed by atoms with Crippen LogP contribution in [0.2, 0.25) is 0 Å². The van der Waals surface area contributed by atoms with E-state index in [1.54, 1.807) is 0 Å². The molecule has 2 heteroatoms. The number of nitrogens with one attached hydrogen (secondary N) is 1. The average molecular weight is 295 g/mol. The van der Waals surface area contributed by atoms with Gasteiger partial charge in [0.1, 0.15) is 0 Å². The zero-order valence-corrected chi connectivity index (χ0v) is 13.3. The van der Waals surface area contributed by atoms with Gasteiger partial charge in [0.05, 0.1) is 0 Å². The Morgan fingerprint density at radius 1 is 1.14 bits per heavy atom. The molecule has 1 saturated carbocycles. The molecule has 116 valence electrons. The van der Waals surface area contributed by atoms with Crippen molar-refractivity contribution in [3.05, 3.63) is 48.0 Å². The smallest absolute Gasteiger partial charge is 0.220 e. The summed E-state index contributed by atoms with van der Waals surface area (Å²) in [5, 5.41) is 5.70. The molecule has 1 atom stereocenters. The minimum absolute atomic E-state index is 0.188. The van der Waals surface area contributed by atoms with Crippen molar-refractivity contribution in [3.8, 4) is 0 Å². The minimum atomic E-state index is 0.188. The first-order valence-corrected chi connectivity index (χ1v) is 8.49. The van der Waals surface area contributed by atoms with Gasteiger partial charge in [0.2, 0.25) is 5.91 Å². The Kier molecular flexibility index (Phi) is 4.77. The zero-order valence-electron chi connectivity index (χ0n) is 13.3. The predicted octanol–water partition coefficient (Wildman–Crippen LogP) is 4.47. The normalized spacial score (nSPS) is 16.8. The van der Waals surface area contributed by atoms with E-state index >= 15 is 0 Å². The van der Waals surface area contributed by atoms with Gasteiger partial charge >= 0.3 is 0 Å². The summed E-state index contributed by atoms with van der Waals surface area (Å²) < 4.78 is 0. The van der Waals surface area contributed by atoms with Crippen molar-refractivity contribution >= 4 is 16.7 Å². The maximum Gasteiger partial charge on any atom is 0.220 e. The van der Waals surface area contributed by atoms with Crippen LogP contribution in [0.4, 0.5) is 0 Å². The number of carbonyl (C=O) groups excluding carboxylic acids is 1. The van der Waals surface area contributed by atoms with E-state index in [9.17, 15) is 4.79 Å². The van der Waals surface area contributed by atoms with E-state index < -0.39 is 0 Å². The van der Waals surface area contributed by atoms with Crippen molar-refractivity contribution in [1.29, 1.82) is 0 Å². The Balaban J connectivity index is 1.53. The molecule has 0 aliphatic heterocycles. The second-order valence-corrected chi connectivity index (χ2v) is 6.58. The Bertz CT molecular complexity index is 643. The van der Waals surface area contributed by atoms with Crippen LogP contribution < -0.4 is 5.32 Å². The highest BCUT2D eigenvalue weighted by atomic mass is 16.1. The maximum atomic E-state index is 12.1. The molecule has 0 heterocycles. The van der Waals surface area contributed by atoms with Crippen LogP contribution in [0.1, 0.15) is 44.6 Å². The van der Waals surface area contributed by atoms with E-state index in [1.807, 2.05) is 0 Å². The van der Waals surface area contributed by atoms with Gasteiger partial charge in [0.15, 0.2) is 0 Å². The molecule has 1 fully saturated rings. The molecule has 0 aromatic heterocycles. The first-order chi connectivity index (χ1) is 10.7. The molecular formula is C20H25NO. The van der Waals surface area contributed by atoms with Gasteiger partial charge in [-0.15, -0.1) is 0 Å². The molecule has 1 aliphatic rings. The van der Waals surface area contributed by atoms with Crippen molar-refractivity contribution in [2.75, 3.05) is 0 Å². The standard InChI is InChI=1S/C20H25NO/c1-15(17-6-2-3-7-17)21-20(22)13-11-16-10-12-18-8-4-5-9-19(18)14-16/h4-5,8-10,12,14-15,17H,2-3,6-7,11,13H2,1H3,(H,21,22). The highest BCUT2D eigenvalue weighted by Gasteiger charge is 2.22. The molecule has 3 rings (SSSR count). The molecule has 1 N–H and O–H groups in total. The molecule has 1 unspecified atom stereocenters. The summed E-state index contributed by atoms with van der Waals surface area (Å²) in [5.74, 6) is 0.872. The van der Waals surface area contributed by atoms with Crippen LogP contribution in [0.5, 0.6) is 0 Å². The lowest BCUT2D eigenvalue weighted by Gasteiger charge is -2.20. The summed E-state index contributed by atoms with van der Waals surface area (Å²) >= 11 is 0. The van der Waals surface area contributed by atoms with Crippen LogP contribution in [0.15, 0.2) is 42.5 Å². The molecule has 0 bridgehead atoms. The highest BCUT2D eigenvalue weighted by molar-refractivity contribution is 5.83. The molecule has 22 heavy (non-hydrogen) atoms. The van der Waals surface area contributed by atoms with E-state index in [1.165, 1.54) is 42.0 Å². The number of benzene rings is 2. The fourth-order valence-electron chi connectivity index (χ4n) is 3.55. The molecule has 0 spiro atoms. The predicted molar refractivity (Wildman–Crippen MR) is 91.8 cm³/mol. The second kappa shape index (κ2) is 6.95. The zero-order chi connectivity index (χ0) is 15.4. The van der Waals surface area contributed by atoms with Crippen LogP contribution in [-0.4, -0.2) is 11.9 Å². The summed E-state index contributed by atoms with van der Waals surface area (Å²) in [6, 6.07) is 15.2. The first-order valence-electron chi connectivity index (χ1n) is 8.49. The van der Waals surface area contributed by atoms with E-state index in [0.717, 1.165) is 6.42 Å². The van der Waals surface area contributed by atoms with Crippen LogP contribution >= 0.6 is 0 Å². The lowest BCUT2D eigenvalue weighted by Crippen LogP contribution is -2.37. The molecular weight excluding hydrogens is 270 g/mol. The Morgan fingerprint density at radius 2 is 1.86 bits per heavy atom. The number of hydrogen-bond acceptors (Lipinski definition) is 1. The third-order valence-corrected chi connectivity index (χ3v) is 4.95. The Hall–Kier alpha value is -1.83. The lowest BCUT2D eigenvalue weighted by atomic mass is 9.99. The van der Waals surface area contributed by atoms with Crippen LogP contribution in [-0.2, 0) is 11.2 Å². The second-order valence-electron chi connectivity index (χ2n) is 6.58. The first kappa shape index (κ1) is 15.1. The fourth-order valence-corrected chi connectivity index (χ4v) is 3.55. The fraction of sp³-hybridized carbons (Fsp3) is 0.450. The van der Waals surface area contributed by atoms with Gasteiger partial charge in [0, 0.05) is 12.5 Å². The number of aryl methyl sites for hydroxylation is 1. The number of hydrogen-bond donors (Lipinski definition) is 1. The van der Waals surface area contributed by atoms with Crippen molar-refractivity contribution in [1.82, 2.24) is 5.32 Å². The van der Waals surface area contributed by atoms with Crippen molar-refractivity contribution in [2.24, 2.45) is 5.92 Å². The van der Waals surface area contributed by atoms with Gasteiger partial charge in [-0.2, -0.15) is 0 Å². The number of fused-ring (bicyclic) bond motifs is 1. The summed E-state index contributed by atoms with van der Waals surface area (Å²) in [4.78, 5) is 12.1. The van der Waals surface area contributed by atoms with Crippen LogP contribution in [0, 0.1) is 5.92 Å². The summed E-state index contributed by atoms with van der Waals surface area (Å²) in [6.07, 6.45) is 6.58. The highest BCUT2D eigenvalue weighted by Crippen LogP contribution is 2.27. The van der Waals surface area contributed by atoms with Gasteiger partial charge in [-0.05, 0) is 48.4 Å². The quantitative estimate of drug-likeness (QED) is 0.866. The third kappa shape index (κ3) is 3.68. The molecule has 0 saturated heterocycles. The average Bonchev–Trinajstić information content (AvgIpc) is 3.07. The molecule has 2 aromatic rings. The lowest BCUT2D eigenvalue weighted by molar-refractivity contribution is -0.122. The van der Waals surface area contributed by atoms with Gasteiger partial charge in [0.25, 0.3) is 0 Å². The molecule has 0 radical (unpaired) electrons. The third-order valence-electron chi connectivity index (χ3n) is 4.95. The topological polar surface area (TPSA) is 29.1 Å². The molecule has 1 aliphatic carbocycles. The van der Waals surface area contributed by atoms with Gasteiger partial charge in [-0.25, -0.2) is 0 Å². The number of amides is 1. The summed E-state index contributed by atoms with van der Waals surface area (Å²) in [7, 11) is 0. The SMILES string of the molecule is CC(NC(=O)CCc1ccc2ccccc2c1)C1CCCC1. The molecule has 2 aromatic carbocycles. The molecule has 1 amide bonds. The largest absolute Gasteiger partial charge is 0.353 e. The van der Waals surface area contributed by atoms with Crippen LogP contribution in [0.3, 0.4) is 0 Å². The van der Waals surface area contributed by atoms with Gasteiger partial charge < -0.3 is 5.32 Å². The summed E-state index contributed by atoms with van der Waals surface area (Å²) in [5.41, 5.74) is 1.24. The Labute approximate surface area is 132 Å². The van der Waals surface area contributed by atoms with Gasteiger partial charge in [-0.1, -0.05) is 55.3 Å². The Morgan fingerprint density at radius 3 is 2.64 bits per heavy atom. The van der Waals surface area contributed by atoms with Crippen molar-refractivity contribution in [2.45, 2.75) is 51.5 Å². The van der Waals surface area contributed by atoms with Crippen LogP contribution in [0.25, 0.3) is 10.8 Å². The summed E-state index contributed by atoms with van der Waals surface area (Å²) in [6.45, 7) is 2.16. The van der Waals surface area contributed by atoms with E-state index in [4.69, 9.17) is 0 Å². The molecule has 2 nitrogen and oxygen atoms in total. The number of rotatable bonds is 5. The maximum absolute atomic E-state index is 12.1. The van der Waals surface area contributed by atoms with E-state index in [-0.39, 0.29) is 5.91 Å². The number of carbonyl (C=O) groups is 1. The van der Waals surface area contributed by atoms with E-state index in [2.05, 4.69) is 54.7 Å². The minimum Gasteiger partial charge on any atom is -0.353 e. The van der Waals surface area contributed by atoms with E-state index in [0.29, 0.717) is 18.4 Å². The van der Waals surface area contributed by atoms with Crippen molar-refractivity contribution < 1.29 is 4.79 Å². The monoisotopic (exact) mass is 295 g/mol. The van der Waals surface area contributed by atoms with Crippen molar-refractivity contribution in [3.63, 3.8) is 0 Å².